The van der Waals surface area contributed by atoms with Crippen molar-refractivity contribution < 1.29 is 0 Å². The van der Waals surface area contributed by atoms with Gasteiger partial charge in [0.05, 0.1) is 17.4 Å². The molecule has 0 aliphatic carbocycles. The Morgan fingerprint density at radius 3 is 2.88 bits per heavy atom. The lowest BCUT2D eigenvalue weighted by molar-refractivity contribution is 0.285. The van der Waals surface area contributed by atoms with E-state index in [-0.39, 0.29) is 0 Å². The molecule has 1 aliphatic heterocycles. The monoisotopic (exact) mass is 343 g/mol. The van der Waals surface area contributed by atoms with E-state index in [2.05, 4.69) is 34.1 Å². The SMILES string of the molecule is CCn1cc(CN2CCCN(c3ccc(Cl)cc3C#N)CC2)cn1. The summed E-state index contributed by atoms with van der Waals surface area (Å²) in [4.78, 5) is 4.75. The third-order valence-electron chi connectivity index (χ3n) is 4.43. The van der Waals surface area contributed by atoms with Gasteiger partial charge in [-0.05, 0) is 31.5 Å². The second kappa shape index (κ2) is 7.69. The van der Waals surface area contributed by atoms with Crippen molar-refractivity contribution in [2.45, 2.75) is 26.4 Å². The van der Waals surface area contributed by atoms with E-state index < -0.39 is 0 Å². The first-order valence-corrected chi connectivity index (χ1v) is 8.75. The maximum absolute atomic E-state index is 9.36. The summed E-state index contributed by atoms with van der Waals surface area (Å²) in [6.07, 6.45) is 5.16. The smallest absolute Gasteiger partial charge is 0.101 e. The third-order valence-corrected chi connectivity index (χ3v) is 4.66. The number of benzene rings is 1. The molecule has 6 heteroatoms. The van der Waals surface area contributed by atoms with Crippen LogP contribution in [0.3, 0.4) is 0 Å². The zero-order valence-corrected chi connectivity index (χ0v) is 14.7. The number of nitriles is 1. The molecule has 0 radical (unpaired) electrons. The molecule has 1 aromatic carbocycles. The fraction of sp³-hybridized carbons (Fsp3) is 0.444. The van der Waals surface area contributed by atoms with Crippen molar-refractivity contribution in [1.82, 2.24) is 14.7 Å². The van der Waals surface area contributed by atoms with Crippen molar-refractivity contribution in [2.75, 3.05) is 31.1 Å². The summed E-state index contributed by atoms with van der Waals surface area (Å²) in [7, 11) is 0. The van der Waals surface area contributed by atoms with Crippen LogP contribution >= 0.6 is 11.6 Å². The molecule has 0 amide bonds. The molecule has 126 valence electrons. The van der Waals surface area contributed by atoms with Gasteiger partial charge in [-0.3, -0.25) is 9.58 Å². The van der Waals surface area contributed by atoms with Gasteiger partial charge in [-0.25, -0.2) is 0 Å². The highest BCUT2D eigenvalue weighted by Crippen LogP contribution is 2.25. The van der Waals surface area contributed by atoms with E-state index in [1.807, 2.05) is 23.0 Å². The molecule has 24 heavy (non-hydrogen) atoms. The standard InChI is InChI=1S/C18H22ClN5/c1-2-24-14-15(12-21-24)13-22-6-3-7-23(9-8-22)18-5-4-17(19)10-16(18)11-20/h4-5,10,12,14H,2-3,6-9,13H2,1H3. The van der Waals surface area contributed by atoms with E-state index >= 15 is 0 Å². The molecular weight excluding hydrogens is 322 g/mol. The molecule has 0 bridgehead atoms. The van der Waals surface area contributed by atoms with Gasteiger partial charge in [0.2, 0.25) is 0 Å². The molecule has 1 aliphatic rings. The fourth-order valence-electron chi connectivity index (χ4n) is 3.16. The Bertz CT molecular complexity index is 733. The Kier molecular flexibility index (Phi) is 5.39. The highest BCUT2D eigenvalue weighted by atomic mass is 35.5. The topological polar surface area (TPSA) is 48.1 Å². The fourth-order valence-corrected chi connectivity index (χ4v) is 3.33. The molecule has 0 N–H and O–H groups in total. The lowest BCUT2D eigenvalue weighted by Crippen LogP contribution is -2.30. The van der Waals surface area contributed by atoms with E-state index in [1.165, 1.54) is 5.56 Å². The van der Waals surface area contributed by atoms with Crippen molar-refractivity contribution in [3.05, 3.63) is 46.7 Å². The molecular formula is C18H22ClN5. The predicted molar refractivity (Wildman–Crippen MR) is 96.2 cm³/mol. The molecule has 5 nitrogen and oxygen atoms in total. The van der Waals surface area contributed by atoms with Crippen LogP contribution in [-0.4, -0.2) is 40.9 Å². The number of hydrogen-bond acceptors (Lipinski definition) is 4. The highest BCUT2D eigenvalue weighted by Gasteiger charge is 2.18. The number of hydrogen-bond donors (Lipinski definition) is 0. The van der Waals surface area contributed by atoms with Crippen LogP contribution in [0.15, 0.2) is 30.6 Å². The molecule has 1 fully saturated rings. The molecule has 1 saturated heterocycles. The van der Waals surface area contributed by atoms with Crippen LogP contribution in [0.25, 0.3) is 0 Å². The first kappa shape index (κ1) is 16.8. The van der Waals surface area contributed by atoms with Crippen molar-refractivity contribution in [3.63, 3.8) is 0 Å². The lowest BCUT2D eigenvalue weighted by Gasteiger charge is -2.24. The van der Waals surface area contributed by atoms with Crippen LogP contribution in [0.1, 0.15) is 24.5 Å². The third kappa shape index (κ3) is 3.89. The Labute approximate surface area is 148 Å². The van der Waals surface area contributed by atoms with Gasteiger partial charge in [0.25, 0.3) is 0 Å². The minimum Gasteiger partial charge on any atom is -0.369 e. The van der Waals surface area contributed by atoms with Crippen LogP contribution in [0.4, 0.5) is 5.69 Å². The summed E-state index contributed by atoms with van der Waals surface area (Å²) in [6.45, 7) is 7.84. The van der Waals surface area contributed by atoms with E-state index in [9.17, 15) is 5.26 Å². The summed E-state index contributed by atoms with van der Waals surface area (Å²) in [6, 6.07) is 7.83. The zero-order valence-electron chi connectivity index (χ0n) is 14.0. The van der Waals surface area contributed by atoms with Crippen LogP contribution in [0, 0.1) is 11.3 Å². The molecule has 0 unspecified atom stereocenters. The molecule has 1 aromatic heterocycles. The van der Waals surface area contributed by atoms with Gasteiger partial charge >= 0.3 is 0 Å². The largest absolute Gasteiger partial charge is 0.369 e. The predicted octanol–water partition coefficient (Wildman–Crippen LogP) is 3.14. The van der Waals surface area contributed by atoms with Crippen LogP contribution < -0.4 is 4.90 Å². The minimum atomic E-state index is 0.611. The second-order valence-electron chi connectivity index (χ2n) is 6.09. The Balaban J connectivity index is 1.66. The molecule has 2 heterocycles. The average Bonchev–Trinajstić information content (AvgIpc) is 2.92. The normalized spacial score (nSPS) is 16.0. The first-order valence-electron chi connectivity index (χ1n) is 8.38. The van der Waals surface area contributed by atoms with E-state index in [4.69, 9.17) is 11.6 Å². The molecule has 0 spiro atoms. The lowest BCUT2D eigenvalue weighted by atomic mass is 10.1. The van der Waals surface area contributed by atoms with Gasteiger partial charge in [-0.1, -0.05) is 11.6 Å². The van der Waals surface area contributed by atoms with Crippen molar-refractivity contribution in [1.29, 1.82) is 5.26 Å². The van der Waals surface area contributed by atoms with Gasteiger partial charge in [-0.2, -0.15) is 10.4 Å². The minimum absolute atomic E-state index is 0.611. The van der Waals surface area contributed by atoms with E-state index in [0.717, 1.165) is 51.4 Å². The Morgan fingerprint density at radius 2 is 2.12 bits per heavy atom. The maximum Gasteiger partial charge on any atom is 0.101 e. The van der Waals surface area contributed by atoms with Crippen LogP contribution in [0.2, 0.25) is 5.02 Å². The number of anilines is 1. The average molecular weight is 344 g/mol. The van der Waals surface area contributed by atoms with Crippen molar-refractivity contribution in [2.24, 2.45) is 0 Å². The molecule has 3 rings (SSSR count). The van der Waals surface area contributed by atoms with Gasteiger partial charge in [-0.15, -0.1) is 0 Å². The summed E-state index contributed by atoms with van der Waals surface area (Å²) >= 11 is 6.01. The molecule has 0 saturated carbocycles. The number of rotatable bonds is 4. The van der Waals surface area contributed by atoms with Crippen molar-refractivity contribution >= 4 is 17.3 Å². The van der Waals surface area contributed by atoms with Gasteiger partial charge in [0, 0.05) is 56.1 Å². The van der Waals surface area contributed by atoms with Crippen molar-refractivity contribution in [3.8, 4) is 6.07 Å². The van der Waals surface area contributed by atoms with Crippen LogP contribution in [0.5, 0.6) is 0 Å². The summed E-state index contributed by atoms with van der Waals surface area (Å²) in [5.41, 5.74) is 2.90. The van der Waals surface area contributed by atoms with Crippen LogP contribution in [-0.2, 0) is 13.1 Å². The molecule has 2 aromatic rings. The second-order valence-corrected chi connectivity index (χ2v) is 6.53. The summed E-state index contributed by atoms with van der Waals surface area (Å²) in [5.74, 6) is 0. The van der Waals surface area contributed by atoms with E-state index in [0.29, 0.717) is 10.6 Å². The summed E-state index contributed by atoms with van der Waals surface area (Å²) < 4.78 is 1.96. The number of halogens is 1. The quantitative estimate of drug-likeness (QED) is 0.855. The number of nitrogens with zero attached hydrogens (tertiary/aromatic N) is 5. The van der Waals surface area contributed by atoms with Gasteiger partial charge in [0.1, 0.15) is 6.07 Å². The number of aryl methyl sites for hydroxylation is 1. The highest BCUT2D eigenvalue weighted by molar-refractivity contribution is 6.30. The zero-order chi connectivity index (χ0) is 16.9. The maximum atomic E-state index is 9.36. The Hall–Kier alpha value is -2.03. The summed E-state index contributed by atoms with van der Waals surface area (Å²) in [5, 5.41) is 14.3. The van der Waals surface area contributed by atoms with Gasteiger partial charge in [0.15, 0.2) is 0 Å². The van der Waals surface area contributed by atoms with Gasteiger partial charge < -0.3 is 4.90 Å². The van der Waals surface area contributed by atoms with E-state index in [1.54, 1.807) is 6.07 Å². The first-order chi connectivity index (χ1) is 11.7. The number of aromatic nitrogens is 2. The Morgan fingerprint density at radius 1 is 1.25 bits per heavy atom. The molecule has 0 atom stereocenters.